The highest BCUT2D eigenvalue weighted by Gasteiger charge is 2.25. The largest absolute Gasteiger partial charge is 0.393 e. The van der Waals surface area contributed by atoms with E-state index in [-0.39, 0.29) is 24.1 Å². The maximum Gasteiger partial charge on any atom is 0.317 e. The van der Waals surface area contributed by atoms with Gasteiger partial charge in [-0.1, -0.05) is 26.7 Å². The van der Waals surface area contributed by atoms with Gasteiger partial charge in [0.05, 0.1) is 6.10 Å². The molecule has 3 atom stereocenters. The van der Waals surface area contributed by atoms with Crippen LogP contribution in [0.5, 0.6) is 0 Å². The second-order valence-electron chi connectivity index (χ2n) is 6.47. The molecule has 19 heavy (non-hydrogen) atoms. The van der Waals surface area contributed by atoms with Crippen molar-refractivity contribution in [1.29, 1.82) is 0 Å². The van der Waals surface area contributed by atoms with Gasteiger partial charge in [-0.25, -0.2) is 4.79 Å². The quantitative estimate of drug-likeness (QED) is 0.807. The molecule has 0 spiro atoms. The highest BCUT2D eigenvalue weighted by atomic mass is 16.3. The molecule has 0 radical (unpaired) electrons. The standard InChI is InChI=1S/C15H30N2O2/c1-11(2)9-12(3)16-15(19)17(4)10-13-7-5-6-8-14(13)18/h11-14,18H,5-10H2,1-4H3,(H,16,19). The van der Waals surface area contributed by atoms with E-state index in [1.807, 2.05) is 14.0 Å². The van der Waals surface area contributed by atoms with Gasteiger partial charge in [0.25, 0.3) is 0 Å². The summed E-state index contributed by atoms with van der Waals surface area (Å²) in [6, 6.07) is 0.178. The number of urea groups is 1. The van der Waals surface area contributed by atoms with Crippen LogP contribution < -0.4 is 5.32 Å². The molecule has 2 N–H and O–H groups in total. The van der Waals surface area contributed by atoms with E-state index >= 15 is 0 Å². The Hall–Kier alpha value is -0.770. The molecule has 3 unspecified atom stereocenters. The summed E-state index contributed by atoms with van der Waals surface area (Å²) in [5.74, 6) is 0.825. The Morgan fingerprint density at radius 1 is 1.32 bits per heavy atom. The average Bonchev–Trinajstić information content (AvgIpc) is 2.30. The van der Waals surface area contributed by atoms with Crippen LogP contribution in [-0.2, 0) is 0 Å². The number of nitrogens with zero attached hydrogens (tertiary/aromatic N) is 1. The summed E-state index contributed by atoms with van der Waals surface area (Å²) >= 11 is 0. The number of aliphatic hydroxyl groups excluding tert-OH is 1. The van der Waals surface area contributed by atoms with E-state index in [9.17, 15) is 9.90 Å². The molecule has 2 amide bonds. The van der Waals surface area contributed by atoms with Crippen LogP contribution in [0.1, 0.15) is 52.9 Å². The van der Waals surface area contributed by atoms with Crippen LogP contribution in [-0.4, -0.2) is 41.8 Å². The van der Waals surface area contributed by atoms with Crippen molar-refractivity contribution in [2.75, 3.05) is 13.6 Å². The molecule has 1 saturated carbocycles. The van der Waals surface area contributed by atoms with Crippen molar-refractivity contribution in [2.45, 2.75) is 65.0 Å². The molecule has 0 aromatic heterocycles. The highest BCUT2D eigenvalue weighted by Crippen LogP contribution is 2.24. The summed E-state index contributed by atoms with van der Waals surface area (Å²) in [4.78, 5) is 13.8. The first-order valence-electron chi connectivity index (χ1n) is 7.59. The molecular formula is C15H30N2O2. The topological polar surface area (TPSA) is 52.6 Å². The zero-order valence-corrected chi connectivity index (χ0v) is 12.9. The fraction of sp³-hybridized carbons (Fsp3) is 0.933. The molecule has 0 bridgehead atoms. The number of carbonyl (C=O) groups is 1. The molecule has 0 heterocycles. The van der Waals surface area contributed by atoms with Crippen molar-refractivity contribution >= 4 is 6.03 Å². The van der Waals surface area contributed by atoms with Gasteiger partial charge in [-0.2, -0.15) is 0 Å². The molecule has 4 heteroatoms. The molecule has 1 aliphatic rings. The van der Waals surface area contributed by atoms with E-state index in [4.69, 9.17) is 0 Å². The number of carbonyl (C=O) groups excluding carboxylic acids is 1. The van der Waals surface area contributed by atoms with Gasteiger partial charge in [-0.05, 0) is 32.1 Å². The fourth-order valence-corrected chi connectivity index (χ4v) is 2.92. The number of aliphatic hydroxyl groups is 1. The number of rotatable bonds is 5. The average molecular weight is 270 g/mol. The summed E-state index contributed by atoms with van der Waals surface area (Å²) in [6.45, 7) is 7.01. The van der Waals surface area contributed by atoms with E-state index in [1.54, 1.807) is 4.90 Å². The minimum Gasteiger partial charge on any atom is -0.393 e. The van der Waals surface area contributed by atoms with Gasteiger partial charge in [0, 0.05) is 25.6 Å². The summed E-state index contributed by atoms with van der Waals surface area (Å²) in [7, 11) is 1.82. The summed E-state index contributed by atoms with van der Waals surface area (Å²) in [6.07, 6.45) is 4.94. The van der Waals surface area contributed by atoms with Crippen LogP contribution in [0.3, 0.4) is 0 Å². The molecule has 4 nitrogen and oxygen atoms in total. The minimum absolute atomic E-state index is 0.0223. The number of hydrogen-bond acceptors (Lipinski definition) is 2. The van der Waals surface area contributed by atoms with Crippen LogP contribution in [0.15, 0.2) is 0 Å². The first kappa shape index (κ1) is 16.3. The van der Waals surface area contributed by atoms with Gasteiger partial charge in [0.1, 0.15) is 0 Å². The maximum atomic E-state index is 12.0. The van der Waals surface area contributed by atoms with Crippen molar-refractivity contribution in [2.24, 2.45) is 11.8 Å². The zero-order valence-electron chi connectivity index (χ0n) is 12.9. The minimum atomic E-state index is -0.239. The molecule has 1 rings (SSSR count). The molecule has 1 aliphatic carbocycles. The SMILES string of the molecule is CC(C)CC(C)NC(=O)N(C)CC1CCCCC1O. The van der Waals surface area contributed by atoms with Gasteiger partial charge in [0.15, 0.2) is 0 Å². The second kappa shape index (κ2) is 7.73. The van der Waals surface area contributed by atoms with Gasteiger partial charge in [0.2, 0.25) is 0 Å². The van der Waals surface area contributed by atoms with E-state index in [0.717, 1.165) is 25.7 Å². The van der Waals surface area contributed by atoms with Crippen LogP contribution >= 0.6 is 0 Å². The Morgan fingerprint density at radius 3 is 2.53 bits per heavy atom. The molecule has 0 aromatic carbocycles. The number of hydrogen-bond donors (Lipinski definition) is 2. The predicted octanol–water partition coefficient (Wildman–Crippen LogP) is 2.61. The molecule has 1 fully saturated rings. The fourth-order valence-electron chi connectivity index (χ4n) is 2.92. The Kier molecular flexibility index (Phi) is 6.63. The van der Waals surface area contributed by atoms with Gasteiger partial charge in [-0.15, -0.1) is 0 Å². The van der Waals surface area contributed by atoms with E-state index < -0.39 is 0 Å². The normalized spacial score (nSPS) is 25.2. The number of amides is 2. The Labute approximate surface area is 117 Å². The van der Waals surface area contributed by atoms with Crippen LogP contribution in [0.4, 0.5) is 4.79 Å². The third-order valence-corrected chi connectivity index (χ3v) is 3.92. The van der Waals surface area contributed by atoms with E-state index in [1.165, 1.54) is 6.42 Å². The van der Waals surface area contributed by atoms with Crippen molar-refractivity contribution < 1.29 is 9.90 Å². The summed E-state index contributed by atoms with van der Waals surface area (Å²) < 4.78 is 0. The smallest absolute Gasteiger partial charge is 0.317 e. The van der Waals surface area contributed by atoms with Crippen molar-refractivity contribution in [3.8, 4) is 0 Å². The van der Waals surface area contributed by atoms with Crippen LogP contribution in [0.2, 0.25) is 0 Å². The monoisotopic (exact) mass is 270 g/mol. The van der Waals surface area contributed by atoms with Crippen molar-refractivity contribution in [1.82, 2.24) is 10.2 Å². The lowest BCUT2D eigenvalue weighted by molar-refractivity contribution is 0.0563. The van der Waals surface area contributed by atoms with Crippen molar-refractivity contribution in [3.63, 3.8) is 0 Å². The Balaban J connectivity index is 2.35. The first-order valence-corrected chi connectivity index (χ1v) is 7.59. The highest BCUT2D eigenvalue weighted by molar-refractivity contribution is 5.74. The Morgan fingerprint density at radius 2 is 1.95 bits per heavy atom. The molecule has 0 aromatic rings. The lowest BCUT2D eigenvalue weighted by atomic mass is 9.86. The molecular weight excluding hydrogens is 240 g/mol. The van der Waals surface area contributed by atoms with E-state index in [2.05, 4.69) is 19.2 Å². The Bertz CT molecular complexity index is 281. The summed E-state index contributed by atoms with van der Waals surface area (Å²) in [5, 5.41) is 13.0. The zero-order chi connectivity index (χ0) is 14.4. The number of nitrogens with one attached hydrogen (secondary N) is 1. The lowest BCUT2D eigenvalue weighted by Crippen LogP contribution is -2.45. The summed E-state index contributed by atoms with van der Waals surface area (Å²) in [5.41, 5.74) is 0. The lowest BCUT2D eigenvalue weighted by Gasteiger charge is -2.31. The van der Waals surface area contributed by atoms with Crippen LogP contribution in [0, 0.1) is 11.8 Å². The molecule has 0 saturated heterocycles. The second-order valence-corrected chi connectivity index (χ2v) is 6.47. The third-order valence-electron chi connectivity index (χ3n) is 3.92. The molecule has 112 valence electrons. The molecule has 0 aliphatic heterocycles. The van der Waals surface area contributed by atoms with Crippen LogP contribution in [0.25, 0.3) is 0 Å². The third kappa shape index (κ3) is 5.81. The van der Waals surface area contributed by atoms with E-state index in [0.29, 0.717) is 12.5 Å². The predicted molar refractivity (Wildman–Crippen MR) is 78.0 cm³/mol. The maximum absolute atomic E-state index is 12.0. The van der Waals surface area contributed by atoms with Gasteiger partial charge < -0.3 is 15.3 Å². The van der Waals surface area contributed by atoms with Gasteiger partial charge >= 0.3 is 6.03 Å². The van der Waals surface area contributed by atoms with Gasteiger partial charge in [-0.3, -0.25) is 0 Å². The van der Waals surface area contributed by atoms with Crippen molar-refractivity contribution in [3.05, 3.63) is 0 Å². The first-order chi connectivity index (χ1) is 8.90.